The molecule has 0 aromatic rings. The maximum absolute atomic E-state index is 8.25. The Morgan fingerprint density at radius 3 is 1.21 bits per heavy atom. The zero-order valence-corrected chi connectivity index (χ0v) is 9.36. The van der Waals surface area contributed by atoms with Gasteiger partial charge in [-0.25, -0.2) is 0 Å². The molecule has 0 heterocycles. The summed E-state index contributed by atoms with van der Waals surface area (Å²) in [7, 11) is 0. The van der Waals surface area contributed by atoms with Gasteiger partial charge in [0.25, 0.3) is 0 Å². The summed E-state index contributed by atoms with van der Waals surface area (Å²) in [5.41, 5.74) is 25.4. The normalized spacial score (nSPS) is 7.16. The molecule has 112 valence electrons. The summed E-state index contributed by atoms with van der Waals surface area (Å²) in [4.78, 5) is 16.5. The first-order chi connectivity index (χ1) is 8.59. The second kappa shape index (κ2) is 14.5. The molecule has 0 aliphatic rings. The van der Waals surface area contributed by atoms with Crippen LogP contribution in [0.25, 0.3) is 0 Å². The number of hydrazone groups is 2. The molecule has 19 heavy (non-hydrogen) atoms. The summed E-state index contributed by atoms with van der Waals surface area (Å²) >= 11 is 0. The van der Waals surface area contributed by atoms with E-state index in [2.05, 4.69) is 21.1 Å². The molecule has 0 bridgehead atoms. The third-order valence-corrected chi connectivity index (χ3v) is 0.642. The molecule has 16 nitrogen and oxygen atoms in total. The number of nitrogens with zero attached hydrogens (tertiary/aromatic N) is 2. The van der Waals surface area contributed by atoms with E-state index in [-0.39, 0.29) is 11.9 Å². The molecule has 0 atom stereocenters. The summed E-state index contributed by atoms with van der Waals surface area (Å²) in [5, 5.41) is 34.4. The molecule has 0 saturated heterocycles. The van der Waals surface area contributed by atoms with Crippen LogP contribution < -0.4 is 44.0 Å². The van der Waals surface area contributed by atoms with Gasteiger partial charge in [0, 0.05) is 0 Å². The van der Waals surface area contributed by atoms with E-state index in [1.54, 1.807) is 0 Å². The SMILES string of the molecule is NC(N)=[NH+]NCN[NH+]=C(N)N.O=[N+]([O-])[O-].O=[N+]([O-])[O-]. The van der Waals surface area contributed by atoms with Gasteiger partial charge in [-0.2, -0.15) is 10.2 Å². The van der Waals surface area contributed by atoms with Gasteiger partial charge in [0.05, 0.1) is 10.2 Å². The number of rotatable bonds is 4. The fraction of sp³-hybridized carbons (Fsp3) is 0.333. The fourth-order valence-electron chi connectivity index (χ4n) is 0.337. The molecule has 16 heteroatoms. The van der Waals surface area contributed by atoms with Crippen molar-refractivity contribution in [1.82, 2.24) is 10.9 Å². The van der Waals surface area contributed by atoms with Crippen molar-refractivity contribution >= 4 is 11.9 Å². The molecule has 0 aliphatic carbocycles. The van der Waals surface area contributed by atoms with Crippen LogP contribution in [0.3, 0.4) is 0 Å². The van der Waals surface area contributed by atoms with Crippen LogP contribution in [-0.4, -0.2) is 28.8 Å². The Morgan fingerprint density at radius 2 is 1.05 bits per heavy atom. The highest BCUT2D eigenvalue weighted by atomic mass is 16.9. The molecule has 0 spiro atoms. The highest BCUT2D eigenvalue weighted by Gasteiger charge is 1.84. The van der Waals surface area contributed by atoms with Crippen molar-refractivity contribution in [2.45, 2.75) is 0 Å². The highest BCUT2D eigenvalue weighted by molar-refractivity contribution is 5.69. The summed E-state index contributed by atoms with van der Waals surface area (Å²) in [6, 6.07) is 0. The molecule has 0 aliphatic heterocycles. The van der Waals surface area contributed by atoms with Crippen molar-refractivity contribution in [2.24, 2.45) is 22.9 Å². The standard InChI is InChI=1S/C3H12N8.2NO3/c4-2(5)10-8-1-9-11-3(6)7;2*2-1(3)4/h8-9H,1H2,(H4,4,5,10)(H4,6,7,11);;/q;2*-1/p+2. The Kier molecular flexibility index (Phi) is 16.0. The van der Waals surface area contributed by atoms with Crippen molar-refractivity contribution in [3.63, 3.8) is 0 Å². The van der Waals surface area contributed by atoms with Gasteiger partial charge < -0.3 is 30.6 Å². The van der Waals surface area contributed by atoms with Gasteiger partial charge in [0.15, 0.2) is 0 Å². The molecule has 0 amide bonds. The quantitative estimate of drug-likeness (QED) is 0.0596. The fourth-order valence-corrected chi connectivity index (χ4v) is 0.337. The largest absolute Gasteiger partial charge is 0.360 e. The minimum atomic E-state index is -1.75. The first-order valence-electron chi connectivity index (χ1n) is 3.96. The van der Waals surface area contributed by atoms with E-state index in [1.165, 1.54) is 0 Å². The first kappa shape index (κ1) is 20.9. The molecule has 0 radical (unpaired) electrons. The number of hydrogen-bond acceptors (Lipinski definition) is 8. The van der Waals surface area contributed by atoms with Crippen LogP contribution in [0.1, 0.15) is 0 Å². The van der Waals surface area contributed by atoms with E-state index in [4.69, 9.17) is 53.6 Å². The van der Waals surface area contributed by atoms with E-state index in [0.29, 0.717) is 6.67 Å². The van der Waals surface area contributed by atoms with Gasteiger partial charge in [-0.3, -0.25) is 33.8 Å². The lowest BCUT2D eigenvalue weighted by Crippen LogP contribution is -2.93. The van der Waals surface area contributed by atoms with Crippen LogP contribution in [-0.2, 0) is 0 Å². The lowest BCUT2D eigenvalue weighted by Gasteiger charge is -1.96. The van der Waals surface area contributed by atoms with Crippen LogP contribution in [0, 0.1) is 30.6 Å². The van der Waals surface area contributed by atoms with Gasteiger partial charge in [-0.05, 0) is 0 Å². The van der Waals surface area contributed by atoms with Gasteiger partial charge in [-0.15, -0.1) is 0 Å². The molecule has 0 fully saturated rings. The lowest BCUT2D eigenvalue weighted by atomic mass is 11.1. The molecule has 0 rings (SSSR count). The number of nitrogens with one attached hydrogen (secondary N) is 4. The average molecular weight is 286 g/mol. The van der Waals surface area contributed by atoms with Crippen molar-refractivity contribution in [2.75, 3.05) is 6.67 Å². The maximum atomic E-state index is 8.25. The minimum Gasteiger partial charge on any atom is -0.356 e. The second-order valence-corrected chi connectivity index (χ2v) is 2.14. The monoisotopic (exact) mass is 286 g/mol. The van der Waals surface area contributed by atoms with E-state index in [0.717, 1.165) is 0 Å². The van der Waals surface area contributed by atoms with E-state index in [1.807, 2.05) is 0 Å². The molecular formula is C3H14N10O6. The topological polar surface area (TPSA) is 288 Å². The number of nitrogens with two attached hydrogens (primary N) is 4. The number of guanidine groups is 2. The minimum absolute atomic E-state index is 0.0801. The Labute approximate surface area is 104 Å². The Balaban J connectivity index is -0.000000264. The van der Waals surface area contributed by atoms with Gasteiger partial charge >= 0.3 is 11.9 Å². The molecule has 0 saturated carbocycles. The smallest absolute Gasteiger partial charge is 0.356 e. The Hall–Kier alpha value is -3.46. The highest BCUT2D eigenvalue weighted by Crippen LogP contribution is 1.44. The van der Waals surface area contributed by atoms with Crippen molar-refractivity contribution in [3.05, 3.63) is 30.6 Å². The van der Waals surface area contributed by atoms with Crippen LogP contribution in [0.15, 0.2) is 0 Å². The maximum Gasteiger partial charge on any atom is 0.360 e. The number of hydrogen-bond donors (Lipinski definition) is 8. The zero-order chi connectivity index (χ0) is 15.8. The summed E-state index contributed by atoms with van der Waals surface area (Å²) in [6.45, 7) is 0.357. The van der Waals surface area contributed by atoms with Gasteiger partial charge in [0.2, 0.25) is 0 Å². The van der Waals surface area contributed by atoms with E-state index in [9.17, 15) is 0 Å². The zero-order valence-electron chi connectivity index (χ0n) is 9.36. The Bertz CT molecular complexity index is 268. The van der Waals surface area contributed by atoms with Crippen molar-refractivity contribution < 1.29 is 20.4 Å². The van der Waals surface area contributed by atoms with Gasteiger partial charge in [-0.1, -0.05) is 0 Å². The molecule has 0 unspecified atom stereocenters. The second-order valence-electron chi connectivity index (χ2n) is 2.14. The molecule has 12 N–H and O–H groups in total. The molecule has 0 aromatic carbocycles. The van der Waals surface area contributed by atoms with E-state index >= 15 is 0 Å². The third kappa shape index (κ3) is 111. The lowest BCUT2D eigenvalue weighted by molar-refractivity contribution is -0.569. The van der Waals surface area contributed by atoms with Crippen LogP contribution in [0.4, 0.5) is 0 Å². The summed E-state index contributed by atoms with van der Waals surface area (Å²) in [5.74, 6) is 0.160. The summed E-state index contributed by atoms with van der Waals surface area (Å²) < 4.78 is 0. The van der Waals surface area contributed by atoms with E-state index < -0.39 is 10.2 Å². The van der Waals surface area contributed by atoms with Crippen molar-refractivity contribution in [3.8, 4) is 0 Å². The van der Waals surface area contributed by atoms with Crippen LogP contribution >= 0.6 is 0 Å². The Morgan fingerprint density at radius 1 is 0.842 bits per heavy atom. The predicted octanol–water partition coefficient (Wildman–Crippen LogP) is -7.82. The molecular weight excluding hydrogens is 272 g/mol. The van der Waals surface area contributed by atoms with Crippen LogP contribution in [0.5, 0.6) is 0 Å². The van der Waals surface area contributed by atoms with Gasteiger partial charge in [0.1, 0.15) is 6.67 Å². The first-order valence-corrected chi connectivity index (χ1v) is 3.96. The average Bonchev–Trinajstić information content (AvgIpc) is 2.14. The molecule has 0 aromatic heterocycles. The summed E-state index contributed by atoms with van der Waals surface area (Å²) in [6.07, 6.45) is 0. The van der Waals surface area contributed by atoms with Crippen LogP contribution in [0.2, 0.25) is 0 Å². The van der Waals surface area contributed by atoms with Crippen molar-refractivity contribution in [1.29, 1.82) is 0 Å². The third-order valence-electron chi connectivity index (χ3n) is 0.642. The predicted molar refractivity (Wildman–Crippen MR) is 60.6 cm³/mol. The number of hydrazine groups is 2.